The summed E-state index contributed by atoms with van der Waals surface area (Å²) in [4.78, 5) is 99.4. The molecule has 2 aromatic heterocycles. The van der Waals surface area contributed by atoms with Crippen LogP contribution in [0.25, 0.3) is 21.8 Å². The highest BCUT2D eigenvalue weighted by atomic mass is 35.5. The number of ether oxygens (including phenoxy) is 5. The summed E-state index contributed by atoms with van der Waals surface area (Å²) < 4.78 is 28.1. The Morgan fingerprint density at radius 1 is 0.494 bits per heavy atom. The molecule has 0 aliphatic heterocycles. The van der Waals surface area contributed by atoms with Crippen LogP contribution in [0.15, 0.2) is 130 Å². The summed E-state index contributed by atoms with van der Waals surface area (Å²) in [6.07, 6.45) is -0.381. The first-order valence-corrected chi connectivity index (χ1v) is 24.7. The highest BCUT2D eigenvalue weighted by molar-refractivity contribution is 6.31. The van der Waals surface area contributed by atoms with Gasteiger partial charge in [-0.1, -0.05) is 47.5 Å². The number of aliphatic hydroxyl groups is 3. The number of aliphatic carboxylic acids is 1. The fraction of sp³-hybridized carbons (Fsp3) is 0.241. The van der Waals surface area contributed by atoms with Crippen LogP contribution < -0.4 is 0 Å². The molecule has 19 nitrogen and oxygen atoms in total. The Morgan fingerprint density at radius 2 is 0.861 bits per heavy atom. The third kappa shape index (κ3) is 12.3. The fourth-order valence-electron chi connectivity index (χ4n) is 8.91. The van der Waals surface area contributed by atoms with Crippen LogP contribution in [0.4, 0.5) is 0 Å². The number of carbonyl (C=O) groups excluding carboxylic acids is 7. The Kier molecular flexibility index (Phi) is 19.5. The van der Waals surface area contributed by atoms with Gasteiger partial charge in [-0.2, -0.15) is 0 Å². The minimum atomic E-state index is -0.965. The number of aliphatic hydroxyl groups excluding tert-OH is 3. The van der Waals surface area contributed by atoms with Crippen molar-refractivity contribution in [2.45, 2.75) is 53.8 Å². The largest absolute Gasteiger partial charge is 0.489 e. The van der Waals surface area contributed by atoms with E-state index in [1.54, 1.807) is 98.8 Å². The number of rotatable bonds is 15. The molecule has 4 aromatic carbocycles. The Morgan fingerprint density at radius 3 is 1.23 bits per heavy atom. The van der Waals surface area contributed by atoms with Gasteiger partial charge in [-0.3, -0.25) is 47.5 Å². The number of allylic oxidation sites excluding steroid dienone is 4. The van der Waals surface area contributed by atoms with Crippen molar-refractivity contribution in [2.75, 3.05) is 41.7 Å². The molecule has 6 aromatic rings. The summed E-state index contributed by atoms with van der Waals surface area (Å²) in [6, 6.07) is 23.3. The van der Waals surface area contributed by atoms with E-state index < -0.39 is 48.3 Å². The predicted molar refractivity (Wildman–Crippen MR) is 288 cm³/mol. The fourth-order valence-corrected chi connectivity index (χ4v) is 9.16. The summed E-state index contributed by atoms with van der Waals surface area (Å²) in [5.41, 5.74) is 5.78. The molecular formula is C58H54Cl2N2O17. The van der Waals surface area contributed by atoms with Crippen LogP contribution in [0.3, 0.4) is 0 Å². The third-order valence-electron chi connectivity index (χ3n) is 13.1. The van der Waals surface area contributed by atoms with Crippen molar-refractivity contribution in [3.8, 4) is 0 Å². The summed E-state index contributed by atoms with van der Waals surface area (Å²) in [7, 11) is 5.07. The molecule has 0 atom stereocenters. The van der Waals surface area contributed by atoms with Crippen molar-refractivity contribution >= 4 is 91.9 Å². The third-order valence-corrected chi connectivity index (χ3v) is 13.6. The second-order valence-corrected chi connectivity index (χ2v) is 18.5. The molecule has 2 aliphatic carbocycles. The monoisotopic (exact) mass is 1120 g/mol. The summed E-state index contributed by atoms with van der Waals surface area (Å²) >= 11 is 11.9. The molecule has 0 saturated heterocycles. The second kappa shape index (κ2) is 25.8. The molecule has 0 amide bonds. The zero-order valence-electron chi connectivity index (χ0n) is 44.1. The SMILES string of the molecule is COC1=C(OC)C(=O)C(CO)=C(C)C1=O.COC1=C(OC)C(=O)C(COC(=O)Cc2c(C)n(C(=O)c3ccc(Cl)cc3)c3cc(CO)ccc23)=C(C)C1=O.Cc1c(CC(=O)O)c2ccc(CO)cc2n1C(=O)c1ccc(Cl)cc1. The quantitative estimate of drug-likeness (QED) is 0.0584. The highest BCUT2D eigenvalue weighted by Gasteiger charge is 2.36. The molecule has 412 valence electrons. The van der Waals surface area contributed by atoms with Gasteiger partial charge < -0.3 is 44.1 Å². The topological polar surface area (TPSA) is 273 Å². The number of carboxylic acids is 1. The number of carbonyl (C=O) groups is 8. The lowest BCUT2D eigenvalue weighted by Crippen LogP contribution is -2.28. The van der Waals surface area contributed by atoms with E-state index in [0.29, 0.717) is 76.6 Å². The van der Waals surface area contributed by atoms with Crippen LogP contribution in [-0.4, -0.2) is 118 Å². The Bertz CT molecular complexity index is 3610. The van der Waals surface area contributed by atoms with Crippen molar-refractivity contribution < 1.29 is 82.5 Å². The minimum absolute atomic E-state index is 0.00402. The van der Waals surface area contributed by atoms with Crippen LogP contribution in [0.5, 0.6) is 0 Å². The lowest BCUT2D eigenvalue weighted by Gasteiger charge is -2.20. The number of hydrogen-bond donors (Lipinski definition) is 4. The number of carboxylic acid groups (broad SMARTS) is 1. The van der Waals surface area contributed by atoms with Gasteiger partial charge in [0.15, 0.2) is 0 Å². The molecule has 0 unspecified atom stereocenters. The van der Waals surface area contributed by atoms with Gasteiger partial charge in [0, 0.05) is 65.6 Å². The summed E-state index contributed by atoms with van der Waals surface area (Å²) in [5, 5.41) is 39.6. The van der Waals surface area contributed by atoms with E-state index in [1.165, 1.54) is 51.4 Å². The van der Waals surface area contributed by atoms with Gasteiger partial charge in [0.2, 0.25) is 46.2 Å². The van der Waals surface area contributed by atoms with E-state index in [1.807, 2.05) is 0 Å². The Hall–Kier alpha value is -8.46. The molecule has 21 heteroatoms. The van der Waals surface area contributed by atoms with Gasteiger partial charge >= 0.3 is 11.9 Å². The normalized spacial score (nSPS) is 13.6. The van der Waals surface area contributed by atoms with Gasteiger partial charge in [-0.15, -0.1) is 0 Å². The van der Waals surface area contributed by atoms with Crippen LogP contribution in [-0.2, 0) is 78.5 Å². The molecule has 0 bridgehead atoms. The van der Waals surface area contributed by atoms with E-state index in [-0.39, 0.29) is 83.2 Å². The average molecular weight is 1120 g/mol. The second-order valence-electron chi connectivity index (χ2n) is 17.7. The number of aromatic nitrogens is 2. The Labute approximate surface area is 462 Å². The van der Waals surface area contributed by atoms with Crippen molar-refractivity contribution in [1.29, 1.82) is 0 Å². The molecule has 0 saturated carbocycles. The molecule has 79 heavy (non-hydrogen) atoms. The molecule has 8 rings (SSSR count). The van der Waals surface area contributed by atoms with Crippen LogP contribution in [0.2, 0.25) is 10.0 Å². The van der Waals surface area contributed by atoms with Gasteiger partial charge in [0.25, 0.3) is 11.8 Å². The maximum absolute atomic E-state index is 13.5. The van der Waals surface area contributed by atoms with Crippen molar-refractivity contribution in [2.24, 2.45) is 0 Å². The first kappa shape index (κ1) is 59.8. The highest BCUT2D eigenvalue weighted by Crippen LogP contribution is 2.32. The number of ketones is 4. The lowest BCUT2D eigenvalue weighted by atomic mass is 9.93. The molecule has 2 aliphatic rings. The molecule has 2 heterocycles. The number of benzene rings is 4. The number of fused-ring (bicyclic) bond motifs is 2. The molecule has 4 N–H and O–H groups in total. The van der Waals surface area contributed by atoms with Gasteiger partial charge in [0.05, 0.1) is 72.1 Å². The first-order valence-electron chi connectivity index (χ1n) is 23.9. The van der Waals surface area contributed by atoms with E-state index in [0.717, 1.165) is 0 Å². The van der Waals surface area contributed by atoms with Crippen LogP contribution >= 0.6 is 23.2 Å². The molecular weight excluding hydrogens is 1070 g/mol. The van der Waals surface area contributed by atoms with E-state index in [9.17, 15) is 53.7 Å². The van der Waals surface area contributed by atoms with E-state index >= 15 is 0 Å². The van der Waals surface area contributed by atoms with Crippen molar-refractivity contribution in [3.63, 3.8) is 0 Å². The molecule has 0 fully saturated rings. The number of esters is 1. The average Bonchev–Trinajstić information content (AvgIpc) is 4.12. The standard InChI is InChI=1S/C29H26ClNO8.C19H16ClNO4.C10H12O5/c1-15-22(26(35)28(38-4)27(37-3)25(15)34)14-39-24(33)12-21-16(2)31(23-11-17(13-32)5-10-20(21)23)29(36)18-6-8-19(30)9-7-18;1-11-16(9-18(23)24)15-7-2-12(10-22)8-17(15)21(11)19(25)13-3-5-14(20)6-4-13;1-5-6(4-11)8(13)10(15-3)9(14-2)7(5)12/h5-11,32H,12-14H2,1-4H3;2-8,22H,9-10H2,1H3,(H,23,24);11H,4H2,1-3H3. The maximum atomic E-state index is 13.5. The number of halogens is 2. The van der Waals surface area contributed by atoms with Gasteiger partial charge in [0.1, 0.15) is 6.61 Å². The zero-order chi connectivity index (χ0) is 58.2. The molecule has 0 spiro atoms. The zero-order valence-corrected chi connectivity index (χ0v) is 45.6. The maximum Gasteiger partial charge on any atom is 0.310 e. The smallest absolute Gasteiger partial charge is 0.310 e. The van der Waals surface area contributed by atoms with E-state index in [4.69, 9.17) is 52.0 Å². The number of hydrogen-bond acceptors (Lipinski definition) is 16. The van der Waals surface area contributed by atoms with Gasteiger partial charge in [-0.05, 0) is 111 Å². The van der Waals surface area contributed by atoms with Crippen LogP contribution in [0.1, 0.15) is 68.2 Å². The number of Topliss-reactive ketones (excluding diaryl/α,β-unsaturated/α-hetero) is 4. The Balaban J connectivity index is 0.000000214. The molecule has 0 radical (unpaired) electrons. The number of methoxy groups -OCH3 is 4. The predicted octanol–water partition coefficient (Wildman–Crippen LogP) is 7.20. The summed E-state index contributed by atoms with van der Waals surface area (Å²) in [6.45, 7) is 5.05. The lowest BCUT2D eigenvalue weighted by molar-refractivity contribution is -0.142. The minimum Gasteiger partial charge on any atom is -0.489 e. The van der Waals surface area contributed by atoms with Crippen LogP contribution in [0, 0.1) is 13.8 Å². The van der Waals surface area contributed by atoms with E-state index in [2.05, 4.69) is 0 Å². The van der Waals surface area contributed by atoms with Crippen molar-refractivity contribution in [3.05, 3.63) is 185 Å². The summed E-state index contributed by atoms with van der Waals surface area (Å²) in [5.74, 6) is -5.02. The van der Waals surface area contributed by atoms with Gasteiger partial charge in [-0.25, -0.2) is 0 Å². The number of nitrogens with zero attached hydrogens (tertiary/aromatic N) is 2. The van der Waals surface area contributed by atoms with Crippen molar-refractivity contribution in [1.82, 2.24) is 9.13 Å². The first-order chi connectivity index (χ1) is 37.6.